The highest BCUT2D eigenvalue weighted by atomic mass is 16.6. The van der Waals surface area contributed by atoms with Gasteiger partial charge in [0.25, 0.3) is 5.69 Å². The first-order valence-electron chi connectivity index (χ1n) is 6.26. The van der Waals surface area contributed by atoms with Crippen LogP contribution in [0.25, 0.3) is 5.57 Å². The van der Waals surface area contributed by atoms with Crippen LogP contribution in [0.3, 0.4) is 0 Å². The topological polar surface area (TPSA) is 69.4 Å². The monoisotopic (exact) mass is 283 g/mol. The summed E-state index contributed by atoms with van der Waals surface area (Å²) in [6.07, 6.45) is 1.39. The van der Waals surface area contributed by atoms with Crippen molar-refractivity contribution >= 4 is 17.2 Å². The molecule has 5 heteroatoms. The minimum absolute atomic E-state index is 0.0502. The summed E-state index contributed by atoms with van der Waals surface area (Å²) in [6.45, 7) is 1.81. The summed E-state index contributed by atoms with van der Waals surface area (Å²) in [5, 5.41) is 10.5. The molecule has 2 aromatic rings. The molecule has 0 fully saturated rings. The molecule has 0 N–H and O–H groups in total. The number of nitrogens with zero attached hydrogens (tertiary/aromatic N) is 1. The van der Waals surface area contributed by atoms with Gasteiger partial charge in [-0.1, -0.05) is 30.3 Å². The number of carbonyl (C=O) groups is 1. The average molecular weight is 283 g/mol. The second-order valence-corrected chi connectivity index (χ2v) is 4.37. The molecule has 0 saturated heterocycles. The van der Waals surface area contributed by atoms with Gasteiger partial charge < -0.3 is 4.74 Å². The quantitative estimate of drug-likeness (QED) is 0.282. The maximum Gasteiger partial charge on any atom is 0.336 e. The van der Waals surface area contributed by atoms with Crippen LogP contribution in [0.1, 0.15) is 12.5 Å². The molecule has 0 radical (unpaired) electrons. The number of hydrogen-bond donors (Lipinski definition) is 0. The molecule has 0 heterocycles. The van der Waals surface area contributed by atoms with Crippen LogP contribution in [0.4, 0.5) is 5.69 Å². The first-order valence-corrected chi connectivity index (χ1v) is 6.26. The maximum absolute atomic E-state index is 11.8. The van der Waals surface area contributed by atoms with Gasteiger partial charge in [-0.3, -0.25) is 10.1 Å². The van der Waals surface area contributed by atoms with Crippen LogP contribution in [0, 0.1) is 10.1 Å². The summed E-state index contributed by atoms with van der Waals surface area (Å²) in [4.78, 5) is 21.8. The van der Waals surface area contributed by atoms with Crippen molar-refractivity contribution in [2.45, 2.75) is 6.92 Å². The number of rotatable bonds is 4. The smallest absolute Gasteiger partial charge is 0.336 e. The van der Waals surface area contributed by atoms with Gasteiger partial charge in [0.15, 0.2) is 0 Å². The van der Waals surface area contributed by atoms with E-state index in [4.69, 9.17) is 4.74 Å². The predicted molar refractivity (Wildman–Crippen MR) is 78.8 cm³/mol. The Morgan fingerprint density at radius 2 is 1.71 bits per heavy atom. The number of carbonyl (C=O) groups excluding carboxylic acids is 1. The Bertz CT molecular complexity index is 675. The van der Waals surface area contributed by atoms with Gasteiger partial charge in [-0.2, -0.15) is 0 Å². The second kappa shape index (κ2) is 6.47. The molecule has 2 rings (SSSR count). The third-order valence-corrected chi connectivity index (χ3v) is 2.83. The normalized spacial score (nSPS) is 11.0. The first-order chi connectivity index (χ1) is 10.1. The number of allylic oxidation sites excluding steroid dienone is 1. The molecular weight excluding hydrogens is 270 g/mol. The summed E-state index contributed by atoms with van der Waals surface area (Å²) in [5.41, 5.74) is 1.66. The van der Waals surface area contributed by atoms with E-state index in [-0.39, 0.29) is 11.4 Å². The van der Waals surface area contributed by atoms with E-state index in [9.17, 15) is 14.9 Å². The molecule has 0 aliphatic carbocycles. The highest BCUT2D eigenvalue weighted by Crippen LogP contribution is 2.18. The lowest BCUT2D eigenvalue weighted by Crippen LogP contribution is -2.04. The Morgan fingerprint density at radius 1 is 1.10 bits per heavy atom. The van der Waals surface area contributed by atoms with E-state index < -0.39 is 10.9 Å². The molecule has 0 aliphatic rings. The van der Waals surface area contributed by atoms with Gasteiger partial charge in [0.2, 0.25) is 0 Å². The number of hydrogen-bond acceptors (Lipinski definition) is 4. The lowest BCUT2D eigenvalue weighted by molar-refractivity contribution is -0.384. The molecular formula is C16H13NO4. The Labute approximate surface area is 121 Å². The van der Waals surface area contributed by atoms with Gasteiger partial charge >= 0.3 is 5.97 Å². The van der Waals surface area contributed by atoms with Crippen molar-refractivity contribution < 1.29 is 14.5 Å². The van der Waals surface area contributed by atoms with Crippen LogP contribution < -0.4 is 4.74 Å². The summed E-state index contributed by atoms with van der Waals surface area (Å²) in [5.74, 6) is -0.257. The van der Waals surface area contributed by atoms with Crippen LogP contribution in [-0.4, -0.2) is 10.9 Å². The molecule has 5 nitrogen and oxygen atoms in total. The van der Waals surface area contributed by atoms with E-state index in [0.717, 1.165) is 11.1 Å². The zero-order valence-corrected chi connectivity index (χ0v) is 11.4. The van der Waals surface area contributed by atoms with Crippen molar-refractivity contribution in [2.75, 3.05) is 0 Å². The number of ether oxygens (including phenoxy) is 1. The molecule has 106 valence electrons. The Kier molecular flexibility index (Phi) is 4.46. The highest BCUT2D eigenvalue weighted by Gasteiger charge is 2.07. The second-order valence-electron chi connectivity index (χ2n) is 4.37. The summed E-state index contributed by atoms with van der Waals surface area (Å²) < 4.78 is 5.10. The molecule has 2 aromatic carbocycles. The largest absolute Gasteiger partial charge is 0.423 e. The zero-order valence-electron chi connectivity index (χ0n) is 11.4. The number of nitro groups is 1. The Balaban J connectivity index is 2.06. The van der Waals surface area contributed by atoms with Gasteiger partial charge in [-0.05, 0) is 30.2 Å². The van der Waals surface area contributed by atoms with Crippen LogP contribution in [0.15, 0.2) is 60.7 Å². The Morgan fingerprint density at radius 3 is 2.29 bits per heavy atom. The molecule has 0 saturated carbocycles. The Hall–Kier alpha value is -2.95. The minimum atomic E-state index is -0.523. The molecule has 0 aliphatic heterocycles. The van der Waals surface area contributed by atoms with E-state index in [1.165, 1.54) is 30.3 Å². The van der Waals surface area contributed by atoms with Crippen LogP contribution >= 0.6 is 0 Å². The molecule has 0 amide bonds. The first kappa shape index (κ1) is 14.5. The molecule has 0 bridgehead atoms. The fourth-order valence-electron chi connectivity index (χ4n) is 1.74. The van der Waals surface area contributed by atoms with Crippen LogP contribution in [0.2, 0.25) is 0 Å². The fraction of sp³-hybridized carbons (Fsp3) is 0.0625. The van der Waals surface area contributed by atoms with E-state index in [0.29, 0.717) is 0 Å². The number of benzene rings is 2. The van der Waals surface area contributed by atoms with Crippen LogP contribution in [-0.2, 0) is 4.79 Å². The molecule has 0 atom stereocenters. The van der Waals surface area contributed by atoms with Crippen molar-refractivity contribution in [2.24, 2.45) is 0 Å². The SMILES string of the molecule is CC(=CC(=O)Oc1ccc([N+](=O)[O-])cc1)c1ccccc1. The van der Waals surface area contributed by atoms with Gasteiger partial charge in [0, 0.05) is 18.2 Å². The summed E-state index contributed by atoms with van der Waals surface area (Å²) in [6, 6.07) is 14.8. The molecule has 0 unspecified atom stereocenters. The molecule has 0 aromatic heterocycles. The van der Waals surface area contributed by atoms with Gasteiger partial charge in [-0.15, -0.1) is 0 Å². The predicted octanol–water partition coefficient (Wildman–Crippen LogP) is 3.60. The van der Waals surface area contributed by atoms with Gasteiger partial charge in [-0.25, -0.2) is 4.79 Å². The highest BCUT2D eigenvalue weighted by molar-refractivity contribution is 5.92. The fourth-order valence-corrected chi connectivity index (χ4v) is 1.74. The standard InChI is InChI=1S/C16H13NO4/c1-12(13-5-3-2-4-6-13)11-16(18)21-15-9-7-14(8-10-15)17(19)20/h2-11H,1H3. The summed E-state index contributed by atoms with van der Waals surface area (Å²) in [7, 11) is 0. The van der Waals surface area contributed by atoms with Gasteiger partial charge in [0.1, 0.15) is 5.75 Å². The van der Waals surface area contributed by atoms with Gasteiger partial charge in [0.05, 0.1) is 4.92 Å². The average Bonchev–Trinajstić information content (AvgIpc) is 2.48. The maximum atomic E-state index is 11.8. The van der Waals surface area contributed by atoms with Crippen molar-refractivity contribution in [1.82, 2.24) is 0 Å². The van der Waals surface area contributed by atoms with Crippen molar-refractivity contribution in [3.63, 3.8) is 0 Å². The summed E-state index contributed by atoms with van der Waals surface area (Å²) >= 11 is 0. The van der Waals surface area contributed by atoms with E-state index in [2.05, 4.69) is 0 Å². The molecule has 0 spiro atoms. The van der Waals surface area contributed by atoms with E-state index in [1.54, 1.807) is 0 Å². The number of non-ortho nitro benzene ring substituents is 1. The van der Waals surface area contributed by atoms with Crippen LogP contribution in [0.5, 0.6) is 5.75 Å². The zero-order chi connectivity index (χ0) is 15.2. The minimum Gasteiger partial charge on any atom is -0.423 e. The number of nitro benzene ring substituents is 1. The lowest BCUT2D eigenvalue weighted by Gasteiger charge is -2.03. The van der Waals surface area contributed by atoms with Crippen molar-refractivity contribution in [1.29, 1.82) is 0 Å². The third-order valence-electron chi connectivity index (χ3n) is 2.83. The van der Waals surface area contributed by atoms with E-state index in [1.807, 2.05) is 37.3 Å². The van der Waals surface area contributed by atoms with Crippen molar-refractivity contribution in [3.05, 3.63) is 76.4 Å². The lowest BCUT2D eigenvalue weighted by atomic mass is 10.1. The third kappa shape index (κ3) is 4.01. The molecule has 21 heavy (non-hydrogen) atoms. The van der Waals surface area contributed by atoms with E-state index >= 15 is 0 Å². The van der Waals surface area contributed by atoms with Crippen molar-refractivity contribution in [3.8, 4) is 5.75 Å². The number of esters is 1.